The van der Waals surface area contributed by atoms with Crippen molar-refractivity contribution in [1.82, 2.24) is 13.5 Å². The first-order chi connectivity index (χ1) is 12.8. The molecule has 0 saturated heterocycles. The van der Waals surface area contributed by atoms with Crippen LogP contribution in [-0.2, 0) is 17.9 Å². The second-order valence-electron chi connectivity index (χ2n) is 6.40. The molecule has 0 saturated carbocycles. The Morgan fingerprint density at radius 1 is 1.26 bits per heavy atom. The molecule has 0 bridgehead atoms. The predicted molar refractivity (Wildman–Crippen MR) is 98.0 cm³/mol. The molecule has 7 nitrogen and oxygen atoms in total. The molecule has 2 heterocycles. The maximum atomic E-state index is 13.7. The zero-order valence-electron chi connectivity index (χ0n) is 14.5. The minimum atomic E-state index is -0.928. The van der Waals surface area contributed by atoms with Crippen LogP contribution in [0.5, 0.6) is 0 Å². The lowest BCUT2D eigenvalue weighted by molar-refractivity contribution is -0.116. The lowest BCUT2D eigenvalue weighted by Crippen LogP contribution is -2.42. The summed E-state index contributed by atoms with van der Waals surface area (Å²) >= 11 is 0.996. The summed E-state index contributed by atoms with van der Waals surface area (Å²) in [7, 11) is 0. The molecule has 3 rings (SSSR count). The number of nitrogens with zero attached hydrogens (tertiary/aromatic N) is 3. The van der Waals surface area contributed by atoms with Crippen LogP contribution in [0.1, 0.15) is 13.8 Å². The number of carbonyl (C=O) groups excluding carboxylic acids is 1. The van der Waals surface area contributed by atoms with Gasteiger partial charge in [-0.2, -0.15) is 4.37 Å². The Morgan fingerprint density at radius 3 is 2.67 bits per heavy atom. The molecule has 0 radical (unpaired) electrons. The number of hydrogen-bond acceptors (Lipinski definition) is 5. The van der Waals surface area contributed by atoms with Gasteiger partial charge in [0.2, 0.25) is 5.91 Å². The molecule has 0 atom stereocenters. The average Bonchev–Trinajstić information content (AvgIpc) is 3.07. The van der Waals surface area contributed by atoms with Crippen molar-refractivity contribution in [1.29, 1.82) is 0 Å². The highest BCUT2D eigenvalue weighted by molar-refractivity contribution is 7.04. The topological polar surface area (TPSA) is 86.0 Å². The van der Waals surface area contributed by atoms with Crippen LogP contribution in [0.3, 0.4) is 0 Å². The number of rotatable bonds is 5. The van der Waals surface area contributed by atoms with Crippen LogP contribution < -0.4 is 16.6 Å². The lowest BCUT2D eigenvalue weighted by atomic mass is 10.2. The zero-order chi connectivity index (χ0) is 19.7. The first-order valence-corrected chi connectivity index (χ1v) is 8.94. The van der Waals surface area contributed by atoms with E-state index in [9.17, 15) is 23.2 Å². The number of anilines is 1. The number of halogens is 2. The monoisotopic (exact) mass is 394 g/mol. The van der Waals surface area contributed by atoms with Gasteiger partial charge in [-0.25, -0.2) is 13.6 Å². The van der Waals surface area contributed by atoms with E-state index in [0.29, 0.717) is 6.07 Å². The van der Waals surface area contributed by atoms with Crippen molar-refractivity contribution in [3.63, 3.8) is 0 Å². The summed E-state index contributed by atoms with van der Waals surface area (Å²) in [5, 5.41) is 3.80. The fourth-order valence-electron chi connectivity index (χ4n) is 2.64. The summed E-state index contributed by atoms with van der Waals surface area (Å²) in [5.41, 5.74) is -1.02. The van der Waals surface area contributed by atoms with Gasteiger partial charge in [0.05, 0.1) is 11.2 Å². The van der Waals surface area contributed by atoms with Crippen LogP contribution in [0.2, 0.25) is 0 Å². The molecule has 0 aliphatic carbocycles. The van der Waals surface area contributed by atoms with Crippen molar-refractivity contribution >= 4 is 34.2 Å². The number of aromatic nitrogens is 3. The third kappa shape index (κ3) is 3.80. The second-order valence-corrected chi connectivity index (χ2v) is 7.03. The summed E-state index contributed by atoms with van der Waals surface area (Å²) < 4.78 is 32.9. The van der Waals surface area contributed by atoms with Gasteiger partial charge in [-0.15, -0.1) is 0 Å². The summed E-state index contributed by atoms with van der Waals surface area (Å²) in [5.74, 6) is -2.36. The number of carbonyl (C=O) groups is 1. The van der Waals surface area contributed by atoms with Gasteiger partial charge < -0.3 is 5.32 Å². The van der Waals surface area contributed by atoms with Gasteiger partial charge in [0.25, 0.3) is 5.56 Å². The molecule has 0 aliphatic heterocycles. The Balaban J connectivity index is 1.98. The highest BCUT2D eigenvalue weighted by Crippen LogP contribution is 2.15. The molecular formula is C17H16F2N4O3S. The largest absolute Gasteiger partial charge is 0.332 e. The van der Waals surface area contributed by atoms with Crippen LogP contribution >= 0.6 is 11.5 Å². The molecule has 2 aromatic heterocycles. The van der Waals surface area contributed by atoms with Crippen LogP contribution in [0.4, 0.5) is 14.5 Å². The van der Waals surface area contributed by atoms with E-state index in [-0.39, 0.29) is 29.2 Å². The van der Waals surface area contributed by atoms with E-state index in [1.807, 2.05) is 13.8 Å². The maximum absolute atomic E-state index is 13.7. The van der Waals surface area contributed by atoms with Gasteiger partial charge in [-0.1, -0.05) is 13.8 Å². The third-order valence-electron chi connectivity index (χ3n) is 3.81. The molecule has 10 heteroatoms. The van der Waals surface area contributed by atoms with Crippen molar-refractivity contribution in [2.75, 3.05) is 5.32 Å². The minimum Gasteiger partial charge on any atom is -0.322 e. The highest BCUT2D eigenvalue weighted by atomic mass is 32.1. The van der Waals surface area contributed by atoms with E-state index < -0.39 is 35.3 Å². The van der Waals surface area contributed by atoms with E-state index in [1.54, 1.807) is 0 Å². The van der Waals surface area contributed by atoms with Crippen LogP contribution in [0.25, 0.3) is 11.0 Å². The minimum absolute atomic E-state index is 0.0297. The number of amides is 1. The highest BCUT2D eigenvalue weighted by Gasteiger charge is 2.18. The summed E-state index contributed by atoms with van der Waals surface area (Å²) in [6.45, 7) is 3.44. The smallest absolute Gasteiger partial charge is 0.322 e. The molecule has 0 unspecified atom stereocenters. The molecule has 0 aliphatic rings. The van der Waals surface area contributed by atoms with Gasteiger partial charge >= 0.3 is 5.69 Å². The van der Waals surface area contributed by atoms with Crippen molar-refractivity contribution < 1.29 is 13.6 Å². The zero-order valence-corrected chi connectivity index (χ0v) is 15.3. The fourth-order valence-corrected chi connectivity index (χ4v) is 3.31. The predicted octanol–water partition coefficient (Wildman–Crippen LogP) is 2.19. The van der Waals surface area contributed by atoms with Crippen molar-refractivity contribution in [3.8, 4) is 0 Å². The van der Waals surface area contributed by atoms with E-state index in [2.05, 4.69) is 9.69 Å². The van der Waals surface area contributed by atoms with Crippen LogP contribution in [0.15, 0.2) is 33.2 Å². The summed E-state index contributed by atoms with van der Waals surface area (Å²) in [6.07, 6.45) is 0. The number of nitrogens with one attached hydrogen (secondary N) is 1. The third-order valence-corrected chi connectivity index (χ3v) is 4.42. The average molecular weight is 394 g/mol. The van der Waals surface area contributed by atoms with Gasteiger partial charge in [0.15, 0.2) is 5.52 Å². The first-order valence-electron chi connectivity index (χ1n) is 8.10. The maximum Gasteiger partial charge on any atom is 0.332 e. The molecule has 0 spiro atoms. The Morgan fingerprint density at radius 2 is 2.00 bits per heavy atom. The summed E-state index contributed by atoms with van der Waals surface area (Å²) in [4.78, 5) is 37.5. The molecule has 1 amide bonds. The number of benzene rings is 1. The molecule has 3 aromatic rings. The SMILES string of the molecule is CC(C)Cn1c(=O)c2nscc2n(CC(=O)Nc2ccc(F)cc2F)c1=O. The van der Waals surface area contributed by atoms with Crippen LogP contribution in [-0.4, -0.2) is 19.4 Å². The molecule has 142 valence electrons. The Kier molecular flexibility index (Phi) is 5.17. The Labute approximate surface area is 156 Å². The van der Waals surface area contributed by atoms with Gasteiger partial charge in [-0.3, -0.25) is 18.7 Å². The normalized spacial score (nSPS) is 11.3. The summed E-state index contributed by atoms with van der Waals surface area (Å²) in [6, 6.07) is 2.74. The molecular weight excluding hydrogens is 378 g/mol. The second kappa shape index (κ2) is 7.39. The van der Waals surface area contributed by atoms with E-state index in [0.717, 1.165) is 32.8 Å². The lowest BCUT2D eigenvalue weighted by Gasteiger charge is -2.13. The molecule has 0 fully saturated rings. The molecule has 1 N–H and O–H groups in total. The fraction of sp³-hybridized carbons (Fsp3) is 0.294. The van der Waals surface area contributed by atoms with E-state index >= 15 is 0 Å². The van der Waals surface area contributed by atoms with E-state index in [4.69, 9.17) is 0 Å². The Hall–Kier alpha value is -2.88. The van der Waals surface area contributed by atoms with Gasteiger partial charge in [0, 0.05) is 18.0 Å². The van der Waals surface area contributed by atoms with Crippen LogP contribution in [0, 0.1) is 17.6 Å². The standard InChI is InChI=1S/C17H16F2N4O3S/c1-9(2)6-23-16(25)15-13(8-27-21-15)22(17(23)26)7-14(24)20-12-4-3-10(18)5-11(12)19/h3-5,8-9H,6-7H2,1-2H3,(H,20,24). The molecule has 27 heavy (non-hydrogen) atoms. The number of fused-ring (bicyclic) bond motifs is 1. The van der Waals surface area contributed by atoms with Crippen molar-refractivity contribution in [2.24, 2.45) is 5.92 Å². The number of hydrogen-bond donors (Lipinski definition) is 1. The van der Waals surface area contributed by atoms with Crippen molar-refractivity contribution in [2.45, 2.75) is 26.9 Å². The van der Waals surface area contributed by atoms with Gasteiger partial charge in [0.1, 0.15) is 18.2 Å². The van der Waals surface area contributed by atoms with E-state index in [1.165, 1.54) is 5.38 Å². The quantitative estimate of drug-likeness (QED) is 0.719. The van der Waals surface area contributed by atoms with Gasteiger partial charge in [-0.05, 0) is 29.6 Å². The first kappa shape index (κ1) is 18.9. The Bertz CT molecular complexity index is 1130. The molecule has 1 aromatic carbocycles. The van der Waals surface area contributed by atoms with Crippen molar-refractivity contribution in [3.05, 3.63) is 56.1 Å².